The van der Waals surface area contributed by atoms with Gasteiger partial charge in [0.1, 0.15) is 5.75 Å². The zero-order valence-electron chi connectivity index (χ0n) is 11.2. The minimum absolute atomic E-state index is 0.0652. The van der Waals surface area contributed by atoms with Crippen molar-refractivity contribution in [2.45, 2.75) is 6.10 Å². The number of ether oxygens (including phenoxy) is 4. The Labute approximate surface area is 112 Å². The van der Waals surface area contributed by atoms with Gasteiger partial charge in [-0.15, -0.1) is 0 Å². The first kappa shape index (κ1) is 15.1. The maximum absolute atomic E-state index is 9.13. The fourth-order valence-corrected chi connectivity index (χ4v) is 1.62. The third-order valence-corrected chi connectivity index (χ3v) is 2.51. The Morgan fingerprint density at radius 3 is 2.16 bits per heavy atom. The Kier molecular flexibility index (Phi) is 5.93. The lowest BCUT2D eigenvalue weighted by molar-refractivity contribution is 0.0567. The van der Waals surface area contributed by atoms with Gasteiger partial charge < -0.3 is 24.1 Å². The number of rotatable bonds is 7. The Morgan fingerprint density at radius 2 is 1.68 bits per heavy atom. The van der Waals surface area contributed by atoms with Gasteiger partial charge in [-0.05, 0) is 6.07 Å². The first-order valence-electron chi connectivity index (χ1n) is 5.63. The van der Waals surface area contributed by atoms with Gasteiger partial charge in [-0.2, -0.15) is 5.26 Å². The van der Waals surface area contributed by atoms with Crippen molar-refractivity contribution in [2.24, 2.45) is 0 Å². The summed E-state index contributed by atoms with van der Waals surface area (Å²) in [6.07, 6.45) is -0.845. The number of benzene rings is 1. The molecule has 1 aromatic carbocycles. The molecule has 1 rings (SSSR count). The van der Waals surface area contributed by atoms with E-state index >= 15 is 0 Å². The molecule has 1 aromatic rings. The molecule has 1 atom stereocenters. The standard InChI is InChI=1S/C13H17NO5/c1-16-10-7-12(18-3)11(17-2)6-9(10)13(8-14)19-5-4-15/h6-7,13,15H,4-5H2,1-3H3. The first-order chi connectivity index (χ1) is 9.21. The first-order valence-corrected chi connectivity index (χ1v) is 5.63. The summed E-state index contributed by atoms with van der Waals surface area (Å²) in [6.45, 7) is -0.0937. The summed E-state index contributed by atoms with van der Waals surface area (Å²) in [7, 11) is 4.51. The van der Waals surface area contributed by atoms with Crippen LogP contribution in [0, 0.1) is 11.3 Å². The molecular weight excluding hydrogens is 250 g/mol. The molecule has 0 saturated carbocycles. The van der Waals surface area contributed by atoms with E-state index in [-0.39, 0.29) is 13.2 Å². The van der Waals surface area contributed by atoms with E-state index in [1.54, 1.807) is 12.1 Å². The molecule has 0 bridgehead atoms. The number of hydrogen-bond donors (Lipinski definition) is 1. The van der Waals surface area contributed by atoms with Gasteiger partial charge in [0.05, 0.1) is 40.6 Å². The van der Waals surface area contributed by atoms with Gasteiger partial charge in [-0.1, -0.05) is 0 Å². The Morgan fingerprint density at radius 1 is 1.11 bits per heavy atom. The van der Waals surface area contributed by atoms with Crippen LogP contribution in [-0.4, -0.2) is 39.6 Å². The smallest absolute Gasteiger partial charge is 0.172 e. The lowest BCUT2D eigenvalue weighted by atomic mass is 10.1. The zero-order valence-corrected chi connectivity index (χ0v) is 11.2. The summed E-state index contributed by atoms with van der Waals surface area (Å²) in [4.78, 5) is 0. The summed E-state index contributed by atoms with van der Waals surface area (Å²) in [6, 6.07) is 5.26. The third kappa shape index (κ3) is 3.50. The van der Waals surface area contributed by atoms with Crippen molar-refractivity contribution in [3.05, 3.63) is 17.7 Å². The number of hydrogen-bond acceptors (Lipinski definition) is 6. The summed E-state index contributed by atoms with van der Waals surface area (Å²) < 4.78 is 20.8. The Hall–Kier alpha value is -1.97. The van der Waals surface area contributed by atoms with Crippen molar-refractivity contribution < 1.29 is 24.1 Å². The molecule has 0 aliphatic rings. The van der Waals surface area contributed by atoms with E-state index in [0.29, 0.717) is 22.8 Å². The van der Waals surface area contributed by atoms with E-state index in [0.717, 1.165) is 0 Å². The molecule has 0 fully saturated rings. The molecule has 0 amide bonds. The second-order valence-corrected chi connectivity index (χ2v) is 3.55. The molecule has 0 aromatic heterocycles. The molecule has 6 nitrogen and oxygen atoms in total. The molecule has 6 heteroatoms. The number of aliphatic hydroxyl groups is 1. The van der Waals surface area contributed by atoms with Gasteiger partial charge in [-0.3, -0.25) is 0 Å². The van der Waals surface area contributed by atoms with Crippen LogP contribution in [0.2, 0.25) is 0 Å². The van der Waals surface area contributed by atoms with Crippen LogP contribution in [0.1, 0.15) is 11.7 Å². The van der Waals surface area contributed by atoms with E-state index in [1.165, 1.54) is 21.3 Å². The maximum atomic E-state index is 9.13. The molecule has 1 N–H and O–H groups in total. The molecule has 0 aliphatic heterocycles. The van der Waals surface area contributed by atoms with E-state index in [1.807, 2.05) is 6.07 Å². The highest BCUT2D eigenvalue weighted by Crippen LogP contribution is 2.38. The average molecular weight is 267 g/mol. The molecule has 0 saturated heterocycles. The molecule has 0 heterocycles. The molecule has 0 aliphatic carbocycles. The summed E-state index contributed by atoms with van der Waals surface area (Å²) in [5, 5.41) is 17.9. The van der Waals surface area contributed by atoms with Crippen molar-refractivity contribution in [3.8, 4) is 23.3 Å². The van der Waals surface area contributed by atoms with Crippen molar-refractivity contribution in [1.82, 2.24) is 0 Å². The highest BCUT2D eigenvalue weighted by atomic mass is 16.5. The maximum Gasteiger partial charge on any atom is 0.172 e. The van der Waals surface area contributed by atoms with Crippen LogP contribution in [0.15, 0.2) is 12.1 Å². The second-order valence-electron chi connectivity index (χ2n) is 3.55. The SMILES string of the molecule is COc1cc(OC)c(C(C#N)OCCO)cc1OC. The van der Waals surface area contributed by atoms with E-state index < -0.39 is 6.10 Å². The van der Waals surface area contributed by atoms with Crippen LogP contribution < -0.4 is 14.2 Å². The van der Waals surface area contributed by atoms with Gasteiger partial charge >= 0.3 is 0 Å². The highest BCUT2D eigenvalue weighted by Gasteiger charge is 2.20. The predicted octanol–water partition coefficient (Wildman–Crippen LogP) is 1.29. The van der Waals surface area contributed by atoms with Crippen LogP contribution in [0.5, 0.6) is 17.2 Å². The van der Waals surface area contributed by atoms with Crippen molar-refractivity contribution in [1.29, 1.82) is 5.26 Å². The van der Waals surface area contributed by atoms with Crippen molar-refractivity contribution in [2.75, 3.05) is 34.5 Å². The minimum Gasteiger partial charge on any atom is -0.496 e. The number of nitriles is 1. The second kappa shape index (κ2) is 7.46. The van der Waals surface area contributed by atoms with Crippen LogP contribution in [0.4, 0.5) is 0 Å². The van der Waals surface area contributed by atoms with Gasteiger partial charge in [0.15, 0.2) is 17.6 Å². The molecule has 0 radical (unpaired) electrons. The van der Waals surface area contributed by atoms with Crippen LogP contribution in [0.25, 0.3) is 0 Å². The minimum atomic E-state index is -0.845. The molecule has 0 spiro atoms. The lowest BCUT2D eigenvalue weighted by Gasteiger charge is -2.17. The lowest BCUT2D eigenvalue weighted by Crippen LogP contribution is -2.08. The van der Waals surface area contributed by atoms with Crippen molar-refractivity contribution in [3.63, 3.8) is 0 Å². The largest absolute Gasteiger partial charge is 0.496 e. The Balaban J connectivity index is 3.20. The number of aliphatic hydroxyl groups excluding tert-OH is 1. The number of nitrogens with zero attached hydrogens (tertiary/aromatic N) is 1. The van der Waals surface area contributed by atoms with Gasteiger partial charge in [0.25, 0.3) is 0 Å². The zero-order chi connectivity index (χ0) is 14.3. The third-order valence-electron chi connectivity index (χ3n) is 2.51. The summed E-state index contributed by atoms with van der Waals surface area (Å²) in [5.74, 6) is 1.44. The highest BCUT2D eigenvalue weighted by molar-refractivity contribution is 5.52. The number of methoxy groups -OCH3 is 3. The van der Waals surface area contributed by atoms with E-state index in [2.05, 4.69) is 0 Å². The van der Waals surface area contributed by atoms with E-state index in [9.17, 15) is 0 Å². The van der Waals surface area contributed by atoms with Crippen molar-refractivity contribution >= 4 is 0 Å². The fraction of sp³-hybridized carbons (Fsp3) is 0.462. The average Bonchev–Trinajstić information content (AvgIpc) is 2.47. The molecule has 104 valence electrons. The quantitative estimate of drug-likeness (QED) is 0.801. The van der Waals surface area contributed by atoms with Gasteiger partial charge in [0.2, 0.25) is 0 Å². The van der Waals surface area contributed by atoms with Gasteiger partial charge in [0, 0.05) is 11.6 Å². The molecular formula is C13H17NO5. The van der Waals surface area contributed by atoms with Gasteiger partial charge in [-0.25, -0.2) is 0 Å². The topological polar surface area (TPSA) is 80.9 Å². The van der Waals surface area contributed by atoms with Crippen LogP contribution >= 0.6 is 0 Å². The summed E-state index contributed by atoms with van der Waals surface area (Å²) >= 11 is 0. The van der Waals surface area contributed by atoms with E-state index in [4.69, 9.17) is 29.3 Å². The van der Waals surface area contributed by atoms with Crippen LogP contribution in [-0.2, 0) is 4.74 Å². The molecule has 1 unspecified atom stereocenters. The molecule has 19 heavy (non-hydrogen) atoms. The monoisotopic (exact) mass is 267 g/mol. The normalized spacial score (nSPS) is 11.5. The Bertz CT molecular complexity index is 455. The van der Waals surface area contributed by atoms with Crippen LogP contribution in [0.3, 0.4) is 0 Å². The predicted molar refractivity (Wildman–Crippen MR) is 67.5 cm³/mol. The fourth-order valence-electron chi connectivity index (χ4n) is 1.62. The summed E-state index contributed by atoms with van der Waals surface area (Å²) in [5.41, 5.74) is 0.524.